The van der Waals surface area contributed by atoms with Crippen molar-refractivity contribution in [1.82, 2.24) is 15.4 Å². The van der Waals surface area contributed by atoms with Gasteiger partial charge in [0.1, 0.15) is 0 Å². The van der Waals surface area contributed by atoms with E-state index in [0.717, 1.165) is 32.9 Å². The van der Waals surface area contributed by atoms with Gasteiger partial charge in [-0.1, -0.05) is 24.3 Å². The number of aromatic nitrogens is 2. The lowest BCUT2D eigenvalue weighted by Crippen LogP contribution is -2.29. The summed E-state index contributed by atoms with van der Waals surface area (Å²) in [5, 5.41) is 1.11. The molecule has 0 radical (unpaired) electrons. The largest absolute Gasteiger partial charge is 0.271 e. The molecule has 0 aliphatic rings. The van der Waals surface area contributed by atoms with Gasteiger partial charge in [-0.2, -0.15) is 0 Å². The zero-order chi connectivity index (χ0) is 14.7. The molecule has 4 nitrogen and oxygen atoms in total. The van der Waals surface area contributed by atoms with Crippen LogP contribution in [0.15, 0.2) is 59.5 Å². The second kappa shape index (κ2) is 6.30. The van der Waals surface area contributed by atoms with Crippen LogP contribution in [0.5, 0.6) is 0 Å². The molecule has 1 atom stereocenters. The van der Waals surface area contributed by atoms with Crippen LogP contribution in [-0.2, 0) is 6.42 Å². The topological polar surface area (TPSA) is 63.8 Å². The first-order chi connectivity index (χ1) is 10.3. The standard InChI is InChI=1S/C16H15BrN4/c17-13-7-11(9-19-10-13)8-15(21-18)14-5-1-3-12-4-2-6-20-16(12)14/h1-7,9-10,15,21H,8,18H2. The molecule has 1 aromatic carbocycles. The fourth-order valence-electron chi connectivity index (χ4n) is 2.47. The summed E-state index contributed by atoms with van der Waals surface area (Å²) in [6.45, 7) is 0. The maximum absolute atomic E-state index is 5.77. The molecule has 0 aliphatic carbocycles. The number of nitrogens with one attached hydrogen (secondary N) is 1. The minimum Gasteiger partial charge on any atom is -0.271 e. The summed E-state index contributed by atoms with van der Waals surface area (Å²) in [5.74, 6) is 5.77. The van der Waals surface area contributed by atoms with Crippen LogP contribution in [-0.4, -0.2) is 9.97 Å². The number of nitrogens with two attached hydrogens (primary N) is 1. The molecule has 0 saturated heterocycles. The van der Waals surface area contributed by atoms with Crippen molar-refractivity contribution in [3.8, 4) is 0 Å². The third-order valence-electron chi connectivity index (χ3n) is 3.44. The van der Waals surface area contributed by atoms with E-state index in [0.29, 0.717) is 0 Å². The van der Waals surface area contributed by atoms with E-state index >= 15 is 0 Å². The van der Waals surface area contributed by atoms with Gasteiger partial charge in [0.2, 0.25) is 0 Å². The van der Waals surface area contributed by atoms with Gasteiger partial charge in [-0.25, -0.2) is 0 Å². The summed E-state index contributed by atoms with van der Waals surface area (Å²) in [4.78, 5) is 8.69. The Kier molecular flexibility index (Phi) is 4.24. The molecule has 3 rings (SSSR count). The molecule has 3 aromatic rings. The highest BCUT2D eigenvalue weighted by atomic mass is 79.9. The average Bonchev–Trinajstić information content (AvgIpc) is 2.52. The molecule has 0 saturated carbocycles. The minimum atomic E-state index is -0.0142. The van der Waals surface area contributed by atoms with Gasteiger partial charge in [-0.05, 0) is 45.6 Å². The summed E-state index contributed by atoms with van der Waals surface area (Å²) >= 11 is 3.44. The predicted molar refractivity (Wildman–Crippen MR) is 87.4 cm³/mol. The Morgan fingerprint density at radius 1 is 1.19 bits per heavy atom. The van der Waals surface area contributed by atoms with Crippen LogP contribution < -0.4 is 11.3 Å². The Morgan fingerprint density at radius 2 is 2.05 bits per heavy atom. The summed E-state index contributed by atoms with van der Waals surface area (Å²) in [6, 6.07) is 12.2. The van der Waals surface area contributed by atoms with Crippen molar-refractivity contribution in [2.75, 3.05) is 0 Å². The van der Waals surface area contributed by atoms with E-state index < -0.39 is 0 Å². The molecule has 1 unspecified atom stereocenters. The lowest BCUT2D eigenvalue weighted by Gasteiger charge is -2.18. The van der Waals surface area contributed by atoms with Gasteiger partial charge in [-0.3, -0.25) is 21.2 Å². The summed E-state index contributed by atoms with van der Waals surface area (Å²) in [6.07, 6.45) is 6.18. The highest BCUT2D eigenvalue weighted by molar-refractivity contribution is 9.10. The first kappa shape index (κ1) is 14.1. The highest BCUT2D eigenvalue weighted by Gasteiger charge is 2.14. The molecule has 3 N–H and O–H groups in total. The maximum atomic E-state index is 5.77. The molecule has 0 spiro atoms. The van der Waals surface area contributed by atoms with E-state index in [9.17, 15) is 0 Å². The number of rotatable bonds is 4. The van der Waals surface area contributed by atoms with E-state index in [4.69, 9.17) is 5.84 Å². The Hall–Kier alpha value is -1.82. The second-order valence-electron chi connectivity index (χ2n) is 4.86. The van der Waals surface area contributed by atoms with Crippen LogP contribution in [0.1, 0.15) is 17.2 Å². The molecular formula is C16H15BrN4. The lowest BCUT2D eigenvalue weighted by molar-refractivity contribution is 0.554. The number of para-hydroxylation sites is 1. The van der Waals surface area contributed by atoms with Crippen molar-refractivity contribution in [3.63, 3.8) is 0 Å². The van der Waals surface area contributed by atoms with Crippen molar-refractivity contribution >= 4 is 26.8 Å². The number of hydrogen-bond acceptors (Lipinski definition) is 4. The van der Waals surface area contributed by atoms with Crippen LogP contribution in [0.4, 0.5) is 0 Å². The molecule has 106 valence electrons. The Morgan fingerprint density at radius 3 is 2.86 bits per heavy atom. The smallest absolute Gasteiger partial charge is 0.0750 e. The number of pyridine rings is 2. The number of hydrogen-bond donors (Lipinski definition) is 2. The van der Waals surface area contributed by atoms with Crippen LogP contribution in [0.2, 0.25) is 0 Å². The van der Waals surface area contributed by atoms with Crippen molar-refractivity contribution in [3.05, 3.63) is 70.6 Å². The number of hydrazine groups is 1. The molecule has 5 heteroatoms. The maximum Gasteiger partial charge on any atom is 0.0750 e. The number of benzene rings is 1. The third kappa shape index (κ3) is 3.10. The van der Waals surface area contributed by atoms with Crippen molar-refractivity contribution in [1.29, 1.82) is 0 Å². The molecular weight excluding hydrogens is 328 g/mol. The zero-order valence-electron chi connectivity index (χ0n) is 11.3. The van der Waals surface area contributed by atoms with Gasteiger partial charge in [-0.15, -0.1) is 0 Å². The molecule has 0 fully saturated rings. The summed E-state index contributed by atoms with van der Waals surface area (Å²) in [7, 11) is 0. The molecule has 2 aromatic heterocycles. The van der Waals surface area contributed by atoms with Gasteiger partial charge < -0.3 is 0 Å². The molecule has 0 aliphatic heterocycles. The SMILES string of the molecule is NNC(Cc1cncc(Br)c1)c1cccc2cccnc12. The normalized spacial score (nSPS) is 12.5. The third-order valence-corrected chi connectivity index (χ3v) is 3.88. The fourth-order valence-corrected chi connectivity index (χ4v) is 2.88. The van der Waals surface area contributed by atoms with Crippen molar-refractivity contribution < 1.29 is 0 Å². The van der Waals surface area contributed by atoms with Crippen LogP contribution in [0.25, 0.3) is 10.9 Å². The van der Waals surface area contributed by atoms with Gasteiger partial charge >= 0.3 is 0 Å². The molecule has 21 heavy (non-hydrogen) atoms. The van der Waals surface area contributed by atoms with Crippen molar-refractivity contribution in [2.24, 2.45) is 5.84 Å². The molecule has 2 heterocycles. The molecule has 0 bridgehead atoms. The number of nitrogens with zero attached hydrogens (tertiary/aromatic N) is 2. The molecule has 0 amide bonds. The van der Waals surface area contributed by atoms with Crippen LogP contribution in [0, 0.1) is 0 Å². The van der Waals surface area contributed by atoms with E-state index in [1.165, 1.54) is 0 Å². The first-order valence-corrected chi connectivity index (χ1v) is 7.46. The van der Waals surface area contributed by atoms with E-state index in [-0.39, 0.29) is 6.04 Å². The van der Waals surface area contributed by atoms with E-state index in [1.54, 1.807) is 12.4 Å². The summed E-state index contributed by atoms with van der Waals surface area (Å²) in [5.41, 5.74) is 6.08. The average molecular weight is 343 g/mol. The van der Waals surface area contributed by atoms with E-state index in [1.807, 2.05) is 18.3 Å². The second-order valence-corrected chi connectivity index (χ2v) is 5.77. The highest BCUT2D eigenvalue weighted by Crippen LogP contribution is 2.25. The predicted octanol–water partition coefficient (Wildman–Crippen LogP) is 3.14. The Bertz CT molecular complexity index is 755. The lowest BCUT2D eigenvalue weighted by atomic mass is 9.98. The number of halogens is 1. The minimum absolute atomic E-state index is 0.0142. The van der Waals surface area contributed by atoms with Gasteiger partial charge in [0, 0.05) is 28.4 Å². The summed E-state index contributed by atoms with van der Waals surface area (Å²) < 4.78 is 0.965. The van der Waals surface area contributed by atoms with Gasteiger partial charge in [0.25, 0.3) is 0 Å². The zero-order valence-corrected chi connectivity index (χ0v) is 12.9. The van der Waals surface area contributed by atoms with Gasteiger partial charge in [0.05, 0.1) is 11.6 Å². The fraction of sp³-hybridized carbons (Fsp3) is 0.125. The Balaban J connectivity index is 1.98. The van der Waals surface area contributed by atoms with Crippen molar-refractivity contribution in [2.45, 2.75) is 12.5 Å². The Labute approximate surface area is 131 Å². The number of fused-ring (bicyclic) bond motifs is 1. The monoisotopic (exact) mass is 342 g/mol. The van der Waals surface area contributed by atoms with Gasteiger partial charge in [0.15, 0.2) is 0 Å². The van der Waals surface area contributed by atoms with Crippen LogP contribution >= 0.6 is 15.9 Å². The van der Waals surface area contributed by atoms with Crippen LogP contribution in [0.3, 0.4) is 0 Å². The first-order valence-electron chi connectivity index (χ1n) is 6.67. The van der Waals surface area contributed by atoms with E-state index in [2.05, 4.69) is 55.6 Å². The quantitative estimate of drug-likeness (QED) is 0.564.